The van der Waals surface area contributed by atoms with E-state index >= 15 is 0 Å². The number of halogens is 1. The minimum Gasteiger partial charge on any atom is -0.383 e. The van der Waals surface area contributed by atoms with Crippen LogP contribution in [0.2, 0.25) is 5.02 Å². The van der Waals surface area contributed by atoms with Gasteiger partial charge in [-0.1, -0.05) is 23.7 Å². The van der Waals surface area contributed by atoms with Crippen molar-refractivity contribution in [2.24, 2.45) is 0 Å². The van der Waals surface area contributed by atoms with Gasteiger partial charge in [0.05, 0.1) is 6.61 Å². The van der Waals surface area contributed by atoms with Gasteiger partial charge in [0.2, 0.25) is 0 Å². The molecule has 0 spiro atoms. The van der Waals surface area contributed by atoms with Crippen molar-refractivity contribution in [1.29, 1.82) is 0 Å². The molecule has 0 radical (unpaired) electrons. The van der Waals surface area contributed by atoms with Gasteiger partial charge in [-0.05, 0) is 58.8 Å². The standard InChI is InChI=1S/C17H22ClNOS/c1-20-9-8-19-12-16(6-5-14-7-10-21-13-14)15-3-2-4-17(18)11-15/h2-4,7,10-11,13,16,19H,5-6,8-9,12H2,1H3. The minimum atomic E-state index is 0.473. The van der Waals surface area contributed by atoms with E-state index in [1.165, 1.54) is 11.1 Å². The molecule has 0 saturated carbocycles. The number of thiophene rings is 1. The lowest BCUT2D eigenvalue weighted by atomic mass is 9.93. The molecule has 21 heavy (non-hydrogen) atoms. The van der Waals surface area contributed by atoms with Crippen LogP contribution in [0, 0.1) is 0 Å². The first-order valence-electron chi connectivity index (χ1n) is 7.26. The molecule has 0 amide bonds. The van der Waals surface area contributed by atoms with Gasteiger partial charge in [-0.3, -0.25) is 0 Å². The Kier molecular flexibility index (Phi) is 7.24. The van der Waals surface area contributed by atoms with Gasteiger partial charge >= 0.3 is 0 Å². The molecular formula is C17H22ClNOS. The maximum absolute atomic E-state index is 6.13. The van der Waals surface area contributed by atoms with Gasteiger partial charge in [0, 0.05) is 25.2 Å². The molecule has 0 aliphatic heterocycles. The molecule has 0 bridgehead atoms. The normalized spacial score (nSPS) is 12.5. The third-order valence-electron chi connectivity index (χ3n) is 3.56. The third kappa shape index (κ3) is 5.79. The van der Waals surface area contributed by atoms with E-state index < -0.39 is 0 Å². The van der Waals surface area contributed by atoms with Gasteiger partial charge in [0.15, 0.2) is 0 Å². The summed E-state index contributed by atoms with van der Waals surface area (Å²) in [5.41, 5.74) is 2.73. The fraction of sp³-hybridized carbons (Fsp3) is 0.412. The molecular weight excluding hydrogens is 302 g/mol. The van der Waals surface area contributed by atoms with Crippen LogP contribution in [0.15, 0.2) is 41.1 Å². The first-order valence-corrected chi connectivity index (χ1v) is 8.58. The number of hydrogen-bond acceptors (Lipinski definition) is 3. The Hall–Kier alpha value is -0.870. The maximum atomic E-state index is 6.13. The van der Waals surface area contributed by atoms with Gasteiger partial charge < -0.3 is 10.1 Å². The summed E-state index contributed by atoms with van der Waals surface area (Å²) in [6, 6.07) is 10.4. The molecule has 1 aromatic carbocycles. The van der Waals surface area contributed by atoms with Crippen LogP contribution in [0.1, 0.15) is 23.5 Å². The number of rotatable bonds is 9. The molecule has 1 atom stereocenters. The average Bonchev–Trinajstić information content (AvgIpc) is 3.00. The fourth-order valence-electron chi connectivity index (χ4n) is 2.37. The van der Waals surface area contributed by atoms with Crippen LogP contribution < -0.4 is 5.32 Å². The van der Waals surface area contributed by atoms with Crippen molar-refractivity contribution < 1.29 is 4.74 Å². The summed E-state index contributed by atoms with van der Waals surface area (Å²) < 4.78 is 5.09. The van der Waals surface area contributed by atoms with E-state index in [1.807, 2.05) is 12.1 Å². The Morgan fingerprint density at radius 3 is 2.95 bits per heavy atom. The lowest BCUT2D eigenvalue weighted by Crippen LogP contribution is -2.25. The van der Waals surface area contributed by atoms with Crippen molar-refractivity contribution in [1.82, 2.24) is 5.32 Å². The SMILES string of the molecule is COCCNCC(CCc1ccsc1)c1cccc(Cl)c1. The molecule has 1 aromatic heterocycles. The molecule has 4 heteroatoms. The Balaban J connectivity index is 1.95. The highest BCUT2D eigenvalue weighted by molar-refractivity contribution is 7.07. The van der Waals surface area contributed by atoms with E-state index in [1.54, 1.807) is 18.4 Å². The molecule has 2 nitrogen and oxygen atoms in total. The monoisotopic (exact) mass is 323 g/mol. The van der Waals surface area contributed by atoms with Crippen LogP contribution in [0.25, 0.3) is 0 Å². The highest BCUT2D eigenvalue weighted by Gasteiger charge is 2.12. The zero-order valence-electron chi connectivity index (χ0n) is 12.3. The molecule has 0 fully saturated rings. The van der Waals surface area contributed by atoms with Crippen molar-refractivity contribution in [2.45, 2.75) is 18.8 Å². The Morgan fingerprint density at radius 2 is 2.24 bits per heavy atom. The Labute approximate surface area is 136 Å². The van der Waals surface area contributed by atoms with Gasteiger partial charge in [0.1, 0.15) is 0 Å². The Bertz CT molecular complexity index is 515. The largest absolute Gasteiger partial charge is 0.383 e. The highest BCUT2D eigenvalue weighted by atomic mass is 35.5. The number of ether oxygens (including phenoxy) is 1. The topological polar surface area (TPSA) is 21.3 Å². The number of benzene rings is 1. The smallest absolute Gasteiger partial charge is 0.0587 e. The summed E-state index contributed by atoms with van der Waals surface area (Å²) in [6.07, 6.45) is 2.23. The minimum absolute atomic E-state index is 0.473. The maximum Gasteiger partial charge on any atom is 0.0587 e. The first-order chi connectivity index (χ1) is 10.3. The molecule has 2 rings (SSSR count). The molecule has 1 N–H and O–H groups in total. The van der Waals surface area contributed by atoms with Crippen molar-refractivity contribution >= 4 is 22.9 Å². The second kappa shape index (κ2) is 9.21. The van der Waals surface area contributed by atoms with E-state index in [9.17, 15) is 0 Å². The lowest BCUT2D eigenvalue weighted by Gasteiger charge is -2.18. The van der Waals surface area contributed by atoms with E-state index in [0.717, 1.165) is 37.6 Å². The first kappa shape index (κ1) is 16.5. The van der Waals surface area contributed by atoms with Crippen molar-refractivity contribution in [3.63, 3.8) is 0 Å². The van der Waals surface area contributed by atoms with E-state index in [2.05, 4.69) is 34.3 Å². The Morgan fingerprint density at radius 1 is 1.33 bits per heavy atom. The predicted octanol–water partition coefficient (Wildman–Crippen LogP) is 4.35. The molecule has 114 valence electrons. The molecule has 1 heterocycles. The van der Waals surface area contributed by atoms with E-state index in [-0.39, 0.29) is 0 Å². The van der Waals surface area contributed by atoms with E-state index in [4.69, 9.17) is 16.3 Å². The summed E-state index contributed by atoms with van der Waals surface area (Å²) in [5.74, 6) is 0.473. The van der Waals surface area contributed by atoms with Crippen LogP contribution in [-0.4, -0.2) is 26.8 Å². The van der Waals surface area contributed by atoms with Crippen LogP contribution in [-0.2, 0) is 11.2 Å². The molecule has 2 aromatic rings. The van der Waals surface area contributed by atoms with Crippen LogP contribution in [0.3, 0.4) is 0 Å². The second-order valence-corrected chi connectivity index (χ2v) is 6.34. The van der Waals surface area contributed by atoms with Gasteiger partial charge in [-0.2, -0.15) is 11.3 Å². The second-order valence-electron chi connectivity index (χ2n) is 5.12. The summed E-state index contributed by atoms with van der Waals surface area (Å²) in [7, 11) is 1.73. The zero-order valence-corrected chi connectivity index (χ0v) is 13.9. The average molecular weight is 324 g/mol. The van der Waals surface area contributed by atoms with E-state index in [0.29, 0.717) is 5.92 Å². The summed E-state index contributed by atoms with van der Waals surface area (Å²) in [4.78, 5) is 0. The van der Waals surface area contributed by atoms with Crippen LogP contribution in [0.5, 0.6) is 0 Å². The van der Waals surface area contributed by atoms with Crippen LogP contribution >= 0.6 is 22.9 Å². The van der Waals surface area contributed by atoms with Crippen molar-refractivity contribution in [2.75, 3.05) is 26.8 Å². The zero-order chi connectivity index (χ0) is 14.9. The molecule has 0 aliphatic rings. The number of hydrogen-bond donors (Lipinski definition) is 1. The lowest BCUT2D eigenvalue weighted by molar-refractivity contribution is 0.199. The van der Waals surface area contributed by atoms with Crippen molar-refractivity contribution in [3.05, 3.63) is 57.2 Å². The van der Waals surface area contributed by atoms with Gasteiger partial charge in [-0.25, -0.2) is 0 Å². The van der Waals surface area contributed by atoms with Gasteiger partial charge in [-0.15, -0.1) is 0 Å². The van der Waals surface area contributed by atoms with Crippen molar-refractivity contribution in [3.8, 4) is 0 Å². The molecule has 1 unspecified atom stereocenters. The number of nitrogens with one attached hydrogen (secondary N) is 1. The number of methoxy groups -OCH3 is 1. The quantitative estimate of drug-likeness (QED) is 0.692. The third-order valence-corrected chi connectivity index (χ3v) is 4.52. The molecule has 0 aliphatic carbocycles. The summed E-state index contributed by atoms with van der Waals surface area (Å²) in [5, 5.41) is 8.65. The fourth-order valence-corrected chi connectivity index (χ4v) is 3.28. The predicted molar refractivity (Wildman–Crippen MR) is 91.6 cm³/mol. The summed E-state index contributed by atoms with van der Waals surface area (Å²) >= 11 is 7.89. The van der Waals surface area contributed by atoms with Gasteiger partial charge in [0.25, 0.3) is 0 Å². The van der Waals surface area contributed by atoms with Crippen LogP contribution in [0.4, 0.5) is 0 Å². The summed E-state index contributed by atoms with van der Waals surface area (Å²) in [6.45, 7) is 2.58. The number of aryl methyl sites for hydroxylation is 1. The molecule has 0 saturated heterocycles. The highest BCUT2D eigenvalue weighted by Crippen LogP contribution is 2.24.